The van der Waals surface area contributed by atoms with Crippen LogP contribution in [0.1, 0.15) is 11.3 Å². The highest BCUT2D eigenvalue weighted by Gasteiger charge is 2.11. The van der Waals surface area contributed by atoms with Crippen LogP contribution in [0, 0.1) is 6.92 Å². The Morgan fingerprint density at radius 1 is 1.19 bits per heavy atom. The molecule has 6 nitrogen and oxygen atoms in total. The molecular formula is C15H13N3O3. The fourth-order valence-electron chi connectivity index (χ4n) is 1.88. The molecule has 106 valence electrons. The lowest BCUT2D eigenvalue weighted by Gasteiger charge is -1.97. The second-order valence-corrected chi connectivity index (χ2v) is 4.66. The van der Waals surface area contributed by atoms with Crippen LogP contribution in [0.3, 0.4) is 0 Å². The summed E-state index contributed by atoms with van der Waals surface area (Å²) in [6.45, 7) is 2.02. The number of hydrogen-bond acceptors (Lipinski definition) is 5. The number of carbonyl (C=O) groups is 1. The summed E-state index contributed by atoms with van der Waals surface area (Å²) >= 11 is 0. The minimum Gasteiger partial charge on any atom is -0.363 e. The molecule has 0 aliphatic carbocycles. The van der Waals surface area contributed by atoms with Gasteiger partial charge in [-0.2, -0.15) is 0 Å². The maximum absolute atomic E-state index is 11.8. The molecule has 0 aliphatic rings. The Kier molecular flexibility index (Phi) is 3.51. The van der Waals surface area contributed by atoms with E-state index in [1.165, 1.54) is 11.8 Å². The fraction of sp³-hybridized carbons (Fsp3) is 0.133. The van der Waals surface area contributed by atoms with E-state index in [2.05, 4.69) is 20.2 Å². The van der Waals surface area contributed by atoms with E-state index in [4.69, 9.17) is 4.52 Å². The molecule has 0 bridgehead atoms. The highest BCUT2D eigenvalue weighted by Crippen LogP contribution is 2.21. The van der Waals surface area contributed by atoms with E-state index >= 15 is 0 Å². The van der Waals surface area contributed by atoms with Gasteiger partial charge in [-0.25, -0.2) is 0 Å². The number of aryl methyl sites for hydroxylation is 1. The maximum Gasteiger partial charge on any atom is 0.231 e. The molecule has 21 heavy (non-hydrogen) atoms. The monoisotopic (exact) mass is 283 g/mol. The zero-order valence-corrected chi connectivity index (χ0v) is 11.4. The predicted molar refractivity (Wildman–Crippen MR) is 75.5 cm³/mol. The zero-order valence-electron chi connectivity index (χ0n) is 11.4. The molecule has 0 unspecified atom stereocenters. The molecule has 3 aromatic rings. The minimum absolute atomic E-state index is 0.113. The Morgan fingerprint density at radius 3 is 2.71 bits per heavy atom. The smallest absolute Gasteiger partial charge is 0.231 e. The number of anilines is 1. The van der Waals surface area contributed by atoms with Gasteiger partial charge in [0.2, 0.25) is 5.91 Å². The first-order chi connectivity index (χ1) is 10.2. The Balaban J connectivity index is 1.67. The summed E-state index contributed by atoms with van der Waals surface area (Å²) in [5.41, 5.74) is 2.66. The summed E-state index contributed by atoms with van der Waals surface area (Å²) < 4.78 is 9.90. The molecule has 0 saturated heterocycles. The van der Waals surface area contributed by atoms with Crippen LogP contribution >= 0.6 is 0 Å². The molecule has 1 N–H and O–H groups in total. The Bertz CT molecular complexity index is 730. The number of nitrogens with one attached hydrogen (secondary N) is 1. The summed E-state index contributed by atoms with van der Waals surface area (Å²) in [4.78, 5) is 11.8. The second-order valence-electron chi connectivity index (χ2n) is 4.66. The number of amides is 1. The molecule has 0 spiro atoms. The van der Waals surface area contributed by atoms with Crippen LogP contribution in [0.4, 0.5) is 5.82 Å². The van der Waals surface area contributed by atoms with Crippen molar-refractivity contribution in [1.29, 1.82) is 0 Å². The first-order valence-corrected chi connectivity index (χ1v) is 6.43. The quantitative estimate of drug-likeness (QED) is 0.796. The van der Waals surface area contributed by atoms with Crippen molar-refractivity contribution in [3.63, 3.8) is 0 Å². The van der Waals surface area contributed by atoms with Crippen molar-refractivity contribution in [2.45, 2.75) is 13.3 Å². The number of rotatable bonds is 4. The number of carbonyl (C=O) groups excluding carboxylic acids is 1. The topological polar surface area (TPSA) is 81.2 Å². The molecule has 3 rings (SSSR count). The average Bonchev–Trinajstić information content (AvgIpc) is 3.11. The van der Waals surface area contributed by atoms with Crippen LogP contribution < -0.4 is 5.32 Å². The molecular weight excluding hydrogens is 270 g/mol. The fourth-order valence-corrected chi connectivity index (χ4v) is 1.88. The van der Waals surface area contributed by atoms with Crippen molar-refractivity contribution < 1.29 is 13.8 Å². The zero-order chi connectivity index (χ0) is 14.7. The van der Waals surface area contributed by atoms with Gasteiger partial charge in [0, 0.05) is 17.7 Å². The molecule has 2 aromatic heterocycles. The lowest BCUT2D eigenvalue weighted by atomic mass is 10.1. The minimum atomic E-state index is -0.229. The summed E-state index contributed by atoms with van der Waals surface area (Å²) in [5, 5.41) is 10.1. The van der Waals surface area contributed by atoms with Gasteiger partial charge in [0.25, 0.3) is 0 Å². The summed E-state index contributed by atoms with van der Waals surface area (Å²) in [5.74, 6) is 0.786. The third kappa shape index (κ3) is 3.17. The van der Waals surface area contributed by atoms with Crippen molar-refractivity contribution >= 4 is 11.7 Å². The number of benzene rings is 1. The van der Waals surface area contributed by atoms with Gasteiger partial charge in [0.15, 0.2) is 11.6 Å². The number of nitrogens with zero attached hydrogens (tertiary/aromatic N) is 2. The molecule has 0 fully saturated rings. The van der Waals surface area contributed by atoms with Crippen molar-refractivity contribution in [2.75, 3.05) is 5.32 Å². The predicted octanol–water partition coefficient (Wildman–Crippen LogP) is 2.82. The van der Waals surface area contributed by atoms with Crippen molar-refractivity contribution in [3.05, 3.63) is 53.9 Å². The Morgan fingerprint density at radius 2 is 2.00 bits per heavy atom. The normalized spacial score (nSPS) is 10.5. The van der Waals surface area contributed by atoms with Crippen LogP contribution in [0.2, 0.25) is 0 Å². The van der Waals surface area contributed by atoms with Gasteiger partial charge in [-0.05, 0) is 6.92 Å². The molecule has 1 aromatic carbocycles. The first kappa shape index (κ1) is 13.1. The van der Waals surface area contributed by atoms with Crippen molar-refractivity contribution in [3.8, 4) is 11.3 Å². The van der Waals surface area contributed by atoms with E-state index in [1.807, 2.05) is 31.2 Å². The summed E-state index contributed by atoms with van der Waals surface area (Å²) in [7, 11) is 0. The van der Waals surface area contributed by atoms with Gasteiger partial charge < -0.3 is 14.4 Å². The summed E-state index contributed by atoms with van der Waals surface area (Å²) in [6.07, 6.45) is 1.50. The maximum atomic E-state index is 11.8. The largest absolute Gasteiger partial charge is 0.363 e. The Labute approximate surface area is 120 Å². The van der Waals surface area contributed by atoms with Gasteiger partial charge in [0.05, 0.1) is 12.1 Å². The second kappa shape index (κ2) is 5.62. The van der Waals surface area contributed by atoms with Crippen molar-refractivity contribution in [2.24, 2.45) is 0 Å². The molecule has 0 radical (unpaired) electrons. The third-order valence-corrected chi connectivity index (χ3v) is 2.94. The standard InChI is InChI=1S/C15H13N3O3/c1-10-2-4-11(5-3-10)13-8-12(17-21-13)9-15(19)16-14-6-7-20-18-14/h2-8H,9H2,1H3,(H,16,18,19). The van der Waals surface area contributed by atoms with Crippen LogP contribution in [0.25, 0.3) is 11.3 Å². The van der Waals surface area contributed by atoms with Gasteiger partial charge in [-0.15, -0.1) is 0 Å². The molecule has 0 aliphatic heterocycles. The van der Waals surface area contributed by atoms with Gasteiger partial charge >= 0.3 is 0 Å². The lowest BCUT2D eigenvalue weighted by Crippen LogP contribution is -2.14. The highest BCUT2D eigenvalue weighted by molar-refractivity contribution is 5.91. The van der Waals surface area contributed by atoms with Crippen LogP contribution in [-0.2, 0) is 11.2 Å². The molecule has 2 heterocycles. The number of hydrogen-bond donors (Lipinski definition) is 1. The molecule has 1 amide bonds. The van der Waals surface area contributed by atoms with E-state index in [0.29, 0.717) is 17.3 Å². The number of aromatic nitrogens is 2. The molecule has 0 atom stereocenters. The first-order valence-electron chi connectivity index (χ1n) is 6.43. The van der Waals surface area contributed by atoms with Crippen LogP contribution in [-0.4, -0.2) is 16.2 Å². The van der Waals surface area contributed by atoms with Crippen molar-refractivity contribution in [1.82, 2.24) is 10.3 Å². The van der Waals surface area contributed by atoms with Gasteiger partial charge in [0.1, 0.15) is 6.26 Å². The van der Waals surface area contributed by atoms with Gasteiger partial charge in [-0.3, -0.25) is 4.79 Å². The van der Waals surface area contributed by atoms with E-state index < -0.39 is 0 Å². The Hall–Kier alpha value is -2.89. The third-order valence-electron chi connectivity index (χ3n) is 2.94. The average molecular weight is 283 g/mol. The van der Waals surface area contributed by atoms with E-state index in [1.54, 1.807) is 12.1 Å². The molecule has 0 saturated carbocycles. The van der Waals surface area contributed by atoms with Crippen LogP contribution in [0.15, 0.2) is 51.7 Å². The van der Waals surface area contributed by atoms with E-state index in [-0.39, 0.29) is 12.3 Å². The summed E-state index contributed by atoms with van der Waals surface area (Å²) in [6, 6.07) is 11.2. The molecule has 6 heteroatoms. The van der Waals surface area contributed by atoms with Crippen LogP contribution in [0.5, 0.6) is 0 Å². The SMILES string of the molecule is Cc1ccc(-c2cc(CC(=O)Nc3ccon3)no2)cc1. The van der Waals surface area contributed by atoms with E-state index in [9.17, 15) is 4.79 Å². The van der Waals surface area contributed by atoms with Gasteiger partial charge in [-0.1, -0.05) is 40.1 Å². The lowest BCUT2D eigenvalue weighted by molar-refractivity contribution is -0.115. The highest BCUT2D eigenvalue weighted by atomic mass is 16.5. The van der Waals surface area contributed by atoms with E-state index in [0.717, 1.165) is 5.56 Å².